The Morgan fingerprint density at radius 1 is 0.304 bits per heavy atom. The van der Waals surface area contributed by atoms with Crippen LogP contribution in [0.15, 0.2) is 315 Å². The largest absolute Gasteiger partial charge is 0.508 e. The molecule has 0 atom stereocenters. The Morgan fingerprint density at radius 3 is 0.888 bits per heavy atom. The lowest BCUT2D eigenvalue weighted by Gasteiger charge is -2.08. The van der Waals surface area contributed by atoms with Crippen molar-refractivity contribution >= 4 is 53.7 Å². The smallest absolute Gasteiger partial charge is 0.339 e. The van der Waals surface area contributed by atoms with E-state index in [1.165, 1.54) is 37.6 Å². The van der Waals surface area contributed by atoms with Crippen LogP contribution >= 0.6 is 0 Å². The van der Waals surface area contributed by atoms with Gasteiger partial charge in [-0.25, -0.2) is 43.2 Å². The molecule has 11 aromatic rings. The van der Waals surface area contributed by atoms with Crippen molar-refractivity contribution in [2.24, 2.45) is 0 Å². The molecular weight excluding hydrogens is 1590 g/mol. The number of hydrogen-bond acceptors (Lipinski definition) is 19. The molecule has 21 heteroatoms. The lowest BCUT2D eigenvalue weighted by Crippen LogP contribution is -2.11. The van der Waals surface area contributed by atoms with Crippen LogP contribution in [0, 0.1) is 6.92 Å². The molecule has 11 aromatic carbocycles. The highest BCUT2D eigenvalue weighted by atomic mass is 16.6. The van der Waals surface area contributed by atoms with E-state index in [-0.39, 0.29) is 65.8 Å². The number of carbonyl (C=O) groups is 9. The van der Waals surface area contributed by atoms with Gasteiger partial charge in [0, 0.05) is 0 Å². The predicted molar refractivity (Wildman–Crippen MR) is 491 cm³/mol. The second-order valence-corrected chi connectivity index (χ2v) is 27.2. The lowest BCUT2D eigenvalue weighted by atomic mass is 10.0. The van der Waals surface area contributed by atoms with Crippen molar-refractivity contribution in [3.05, 3.63) is 382 Å². The van der Waals surface area contributed by atoms with Gasteiger partial charge in [0.25, 0.3) is 0 Å². The molecule has 5 N–H and O–H groups in total. The number of para-hydroxylation sites is 1. The highest BCUT2D eigenvalue weighted by Crippen LogP contribution is 2.26. The highest BCUT2D eigenvalue weighted by molar-refractivity contribution is 5.93. The maximum atomic E-state index is 11.5. The second-order valence-electron chi connectivity index (χ2n) is 27.2. The Labute approximate surface area is 737 Å². The average molecular weight is 1710 g/mol. The fourth-order valence-corrected chi connectivity index (χ4v) is 9.64. The third kappa shape index (κ3) is 53.6. The summed E-state index contributed by atoms with van der Waals surface area (Å²) < 4.78 is 34.5. The molecule has 0 heterocycles. The van der Waals surface area contributed by atoms with E-state index >= 15 is 0 Å². The first-order chi connectivity index (χ1) is 60.3. The van der Waals surface area contributed by atoms with Gasteiger partial charge in [0.1, 0.15) is 17.1 Å². The number of aliphatic hydroxyl groups is 1. The summed E-state index contributed by atoms with van der Waals surface area (Å²) in [6.07, 6.45) is 10.5. The number of aromatic hydroxyl groups is 2. The van der Waals surface area contributed by atoms with Crippen LogP contribution in [0.4, 0.5) is 0 Å². The normalized spacial score (nSPS) is 9.55. The highest BCUT2D eigenvalue weighted by Gasteiger charge is 2.12. The number of rotatable bonds is 27. The van der Waals surface area contributed by atoms with Crippen LogP contribution in [0.3, 0.4) is 0 Å². The molecule has 0 spiro atoms. The summed E-state index contributed by atoms with van der Waals surface area (Å²) in [5.74, 6) is -3.09. The number of phenolic OH excluding ortho intramolecular Hbond substituents is 1. The molecule has 0 aliphatic heterocycles. The Bertz CT molecular complexity index is 4650. The van der Waals surface area contributed by atoms with E-state index < -0.39 is 11.9 Å². The zero-order chi connectivity index (χ0) is 92.5. The summed E-state index contributed by atoms with van der Waals surface area (Å²) in [4.78, 5) is 98.8. The molecule has 0 aromatic heterocycles. The number of phenols is 2. The number of esters is 7. The summed E-state index contributed by atoms with van der Waals surface area (Å²) in [7, 11) is 1.37. The van der Waals surface area contributed by atoms with Gasteiger partial charge in [0.2, 0.25) is 0 Å². The predicted octanol–water partition coefficient (Wildman–Crippen LogP) is 23.4. The summed E-state index contributed by atoms with van der Waals surface area (Å²) >= 11 is 0. The molecule has 125 heavy (non-hydrogen) atoms. The van der Waals surface area contributed by atoms with Crippen LogP contribution < -0.4 is 0 Å². The minimum Gasteiger partial charge on any atom is -0.508 e. The van der Waals surface area contributed by atoms with Gasteiger partial charge in [-0.05, 0) is 186 Å². The Balaban J connectivity index is 0.000000690. The van der Waals surface area contributed by atoms with Gasteiger partial charge >= 0.3 is 53.7 Å². The summed E-state index contributed by atoms with van der Waals surface area (Å²) in [6.45, 7) is 22.6. The van der Waals surface area contributed by atoms with Crippen molar-refractivity contribution in [3.8, 4) is 11.5 Å². The van der Waals surface area contributed by atoms with Crippen molar-refractivity contribution in [1.29, 1.82) is 0 Å². The maximum absolute atomic E-state index is 11.5. The molecule has 0 amide bonds. The average Bonchev–Trinajstić information content (AvgIpc) is 0.864. The standard InChI is InChI=1S/C13H18O2.C12H16O2.C11H14O2.2C10H12O2.C10H14O.C9H10O2.C8H8O2.C7H6O3.C7H6O2.C7H8O/c1-2-3-4-8-11-15-13(14)12-9-6-5-7-10-12;1-2-3-7-10-14-12(13)11-8-5-4-6-9-11;1-2-3-9-13-11(12)10-7-5-4-6-8-10;1-8(2)12-10(11)9-6-4-3-5-7-9;1-2-8-12-10(11)9-6-4-3-5-7-9;1-7(2)9-6-8(3)4-5-10(9)11;1-2-11-9(10)8-6-4-3-5-7-8;1-10-8(9)7-5-3-2-4-6-7;8-6-4-2-1-3-5(6)7(9)10;8-7(9)6-4-2-1-3-5-6;8-6-7-4-2-1-3-5-7/h5-7,9-10H,2-4,8,11H2,1H3;4-6,8-9H,2-3,7,10H2,1H3;4-8H,2-3,9H2,1H3;3-8H,1-2H3;3-7H,2,8H2,1H3;4-7,11H,1-3H3;3-7H,2H2,1H3;2-6H,1H3;1-4,8H,(H,9,10);1-5H,(H,8,9);1-5,8H,6H2. The van der Waals surface area contributed by atoms with Crippen LogP contribution in [-0.4, -0.2) is 126 Å². The van der Waals surface area contributed by atoms with E-state index in [4.69, 9.17) is 48.8 Å². The number of ether oxygens (including phenoxy) is 7. The van der Waals surface area contributed by atoms with E-state index in [9.17, 15) is 48.3 Å². The van der Waals surface area contributed by atoms with E-state index in [0.717, 1.165) is 62.5 Å². The number of unbranched alkanes of at least 4 members (excludes halogenated alkanes) is 6. The zero-order valence-corrected chi connectivity index (χ0v) is 73.8. The van der Waals surface area contributed by atoms with Crippen molar-refractivity contribution in [1.82, 2.24) is 0 Å². The number of aromatic carboxylic acids is 2. The van der Waals surface area contributed by atoms with Crippen molar-refractivity contribution in [2.45, 2.75) is 152 Å². The first-order valence-electron chi connectivity index (χ1n) is 41.6. The fraction of sp³-hybridized carbons (Fsp3) is 0.279. The minimum absolute atomic E-state index is 0.0577. The number of aryl methyl sites for hydroxylation is 1. The van der Waals surface area contributed by atoms with Crippen LogP contribution in [-0.2, 0) is 39.8 Å². The van der Waals surface area contributed by atoms with Gasteiger partial charge in [-0.1, -0.05) is 286 Å². The molecular formula is C104H124O21. The summed E-state index contributed by atoms with van der Waals surface area (Å²) in [5, 5.41) is 43.6. The zero-order valence-electron chi connectivity index (χ0n) is 73.8. The van der Waals surface area contributed by atoms with Gasteiger partial charge in [0.15, 0.2) is 0 Å². The number of benzene rings is 11. The Morgan fingerprint density at radius 2 is 0.608 bits per heavy atom. The van der Waals surface area contributed by atoms with Gasteiger partial charge in [-0.2, -0.15) is 0 Å². The second kappa shape index (κ2) is 70.8. The fourth-order valence-electron chi connectivity index (χ4n) is 9.64. The molecule has 21 nitrogen and oxygen atoms in total. The van der Waals surface area contributed by atoms with Gasteiger partial charge in [-0.15, -0.1) is 0 Å². The minimum atomic E-state index is -1.11. The summed E-state index contributed by atoms with van der Waals surface area (Å²) in [6, 6.07) is 92.4. The van der Waals surface area contributed by atoms with Gasteiger partial charge < -0.3 is 58.7 Å². The third-order valence-corrected chi connectivity index (χ3v) is 16.2. The number of aliphatic hydroxyl groups excluding tert-OH is 1. The molecule has 0 saturated heterocycles. The molecule has 666 valence electrons. The first-order valence-corrected chi connectivity index (χ1v) is 41.6. The molecule has 0 aliphatic carbocycles. The van der Waals surface area contributed by atoms with Gasteiger partial charge in [0.05, 0.1) is 97.4 Å². The van der Waals surface area contributed by atoms with Crippen molar-refractivity contribution in [3.63, 3.8) is 0 Å². The SMILES string of the molecule is CC(C)OC(=O)c1ccccc1.CCCCCCOC(=O)c1ccccc1.CCCCCOC(=O)c1ccccc1.CCCCOC(=O)c1ccccc1.CCCOC(=O)c1ccccc1.CCOC(=O)c1ccccc1.COC(=O)c1ccccc1.Cc1ccc(O)c(C(C)C)c1.O=C(O)c1ccccc1.O=C(O)c1ccccc1O.OCc1ccccc1. The molecule has 0 aliphatic rings. The summed E-state index contributed by atoms with van der Waals surface area (Å²) in [5.41, 5.74) is 7.76. The molecule has 0 bridgehead atoms. The van der Waals surface area contributed by atoms with Crippen molar-refractivity contribution in [2.75, 3.05) is 40.1 Å². The monoisotopic (exact) mass is 1710 g/mol. The van der Waals surface area contributed by atoms with Crippen LogP contribution in [0.1, 0.15) is 242 Å². The van der Waals surface area contributed by atoms with Gasteiger partial charge in [-0.3, -0.25) is 0 Å². The quantitative estimate of drug-likeness (QED) is 0.0181. The number of methoxy groups -OCH3 is 1. The molecule has 0 radical (unpaired) electrons. The van der Waals surface area contributed by atoms with E-state index in [1.54, 1.807) is 153 Å². The number of carbonyl (C=O) groups excluding carboxylic acids is 7. The van der Waals surface area contributed by atoms with Crippen LogP contribution in [0.5, 0.6) is 11.5 Å². The molecule has 0 saturated carbocycles. The molecule has 0 unspecified atom stereocenters. The van der Waals surface area contributed by atoms with Crippen molar-refractivity contribution < 1.29 is 102 Å². The first kappa shape index (κ1) is 109. The van der Waals surface area contributed by atoms with Crippen LogP contribution in [0.2, 0.25) is 0 Å². The maximum Gasteiger partial charge on any atom is 0.339 e. The molecule has 0 fully saturated rings. The Hall–Kier alpha value is -13.8. The van der Waals surface area contributed by atoms with Crippen LogP contribution in [0.25, 0.3) is 0 Å². The third-order valence-electron chi connectivity index (χ3n) is 16.2. The number of hydrogen-bond donors (Lipinski definition) is 5. The van der Waals surface area contributed by atoms with E-state index in [1.807, 2.05) is 185 Å². The lowest BCUT2D eigenvalue weighted by molar-refractivity contribution is 0.0374. The number of carboxylic acids is 2. The Kier molecular flexibility index (Phi) is 61.9. The number of carboxylic acid groups (broad SMARTS) is 2. The molecule has 11 rings (SSSR count). The topological polar surface area (TPSA) is 319 Å². The van der Waals surface area contributed by atoms with E-state index in [2.05, 4.69) is 39.4 Å². The van der Waals surface area contributed by atoms with E-state index in [0.29, 0.717) is 89.2 Å².